The van der Waals surface area contributed by atoms with Crippen LogP contribution < -0.4 is 0 Å². The number of rotatable bonds is 4. The molecule has 0 aliphatic rings. The Bertz CT molecular complexity index is 677. The molecule has 0 aliphatic carbocycles. The third-order valence-electron chi connectivity index (χ3n) is 2.52. The second-order valence-electron chi connectivity index (χ2n) is 3.88. The van der Waals surface area contributed by atoms with Gasteiger partial charge in [-0.3, -0.25) is 5.10 Å². The summed E-state index contributed by atoms with van der Waals surface area (Å²) in [6.45, 7) is 1.85. The normalized spacial score (nSPS) is 11.7. The van der Waals surface area contributed by atoms with Crippen molar-refractivity contribution in [3.05, 3.63) is 39.6 Å². The van der Waals surface area contributed by atoms with Gasteiger partial charge in [-0.25, -0.2) is 13.4 Å². The SMILES string of the molecule is CCc1nc(S(=O)(=O)Cc2c(Cl)cccc2Cl)n[nH]1. The van der Waals surface area contributed by atoms with Crippen molar-refractivity contribution in [2.75, 3.05) is 0 Å². The largest absolute Gasteiger partial charge is 0.267 e. The van der Waals surface area contributed by atoms with Crippen molar-refractivity contribution in [3.63, 3.8) is 0 Å². The molecule has 0 saturated carbocycles. The molecule has 0 atom stereocenters. The van der Waals surface area contributed by atoms with Gasteiger partial charge >= 0.3 is 0 Å². The highest BCUT2D eigenvalue weighted by atomic mass is 35.5. The number of sulfone groups is 1. The van der Waals surface area contributed by atoms with Gasteiger partial charge in [0.2, 0.25) is 9.84 Å². The lowest BCUT2D eigenvalue weighted by molar-refractivity contribution is 0.587. The van der Waals surface area contributed by atoms with Gasteiger partial charge in [0.1, 0.15) is 5.82 Å². The molecule has 0 radical (unpaired) electrons. The molecular weight excluding hydrogens is 309 g/mol. The molecule has 102 valence electrons. The Balaban J connectivity index is 2.36. The van der Waals surface area contributed by atoms with Gasteiger partial charge in [-0.05, 0) is 12.1 Å². The summed E-state index contributed by atoms with van der Waals surface area (Å²) in [7, 11) is -3.67. The van der Waals surface area contributed by atoms with Crippen LogP contribution in [0.5, 0.6) is 0 Å². The van der Waals surface area contributed by atoms with Crippen molar-refractivity contribution in [1.82, 2.24) is 15.2 Å². The standard InChI is InChI=1S/C11H11Cl2N3O2S/c1-2-10-14-11(16-15-10)19(17,18)6-7-8(12)4-3-5-9(7)13/h3-5H,2,6H2,1H3,(H,14,15,16). The first-order valence-corrected chi connectivity index (χ1v) is 7.91. The summed E-state index contributed by atoms with van der Waals surface area (Å²) >= 11 is 11.9. The Kier molecular flexibility index (Phi) is 4.13. The zero-order chi connectivity index (χ0) is 14.0. The summed E-state index contributed by atoms with van der Waals surface area (Å²) < 4.78 is 24.3. The van der Waals surface area contributed by atoms with Gasteiger partial charge in [0, 0.05) is 22.0 Å². The van der Waals surface area contributed by atoms with E-state index < -0.39 is 9.84 Å². The Morgan fingerprint density at radius 2 is 1.89 bits per heavy atom. The lowest BCUT2D eigenvalue weighted by Crippen LogP contribution is -2.08. The van der Waals surface area contributed by atoms with Gasteiger partial charge in [-0.15, -0.1) is 5.10 Å². The Morgan fingerprint density at radius 3 is 2.42 bits per heavy atom. The minimum absolute atomic E-state index is 0.236. The van der Waals surface area contributed by atoms with E-state index in [-0.39, 0.29) is 10.9 Å². The van der Waals surface area contributed by atoms with Crippen LogP contribution in [0.4, 0.5) is 0 Å². The highest BCUT2D eigenvalue weighted by Gasteiger charge is 2.23. The lowest BCUT2D eigenvalue weighted by atomic mass is 10.2. The zero-order valence-corrected chi connectivity index (χ0v) is 12.3. The van der Waals surface area contributed by atoms with Crippen LogP contribution in [0.15, 0.2) is 23.4 Å². The van der Waals surface area contributed by atoms with Crippen LogP contribution in [0, 0.1) is 0 Å². The topological polar surface area (TPSA) is 75.7 Å². The fourth-order valence-electron chi connectivity index (χ4n) is 1.50. The lowest BCUT2D eigenvalue weighted by Gasteiger charge is -2.05. The number of hydrogen-bond donors (Lipinski definition) is 1. The maximum Gasteiger partial charge on any atom is 0.267 e. The molecule has 2 rings (SSSR count). The van der Waals surface area contributed by atoms with E-state index in [0.29, 0.717) is 27.9 Å². The number of H-pyrrole nitrogens is 1. The van der Waals surface area contributed by atoms with E-state index in [9.17, 15) is 8.42 Å². The van der Waals surface area contributed by atoms with Crippen molar-refractivity contribution in [1.29, 1.82) is 0 Å². The summed E-state index contributed by atoms with van der Waals surface area (Å²) in [5, 5.41) is 6.65. The molecule has 19 heavy (non-hydrogen) atoms. The first kappa shape index (κ1) is 14.3. The number of aromatic amines is 1. The summed E-state index contributed by atoms with van der Waals surface area (Å²) in [6, 6.07) is 4.84. The number of benzene rings is 1. The van der Waals surface area contributed by atoms with Crippen LogP contribution >= 0.6 is 23.2 Å². The number of aryl methyl sites for hydroxylation is 1. The van der Waals surface area contributed by atoms with E-state index in [1.54, 1.807) is 18.2 Å². The highest BCUT2D eigenvalue weighted by Crippen LogP contribution is 2.27. The molecule has 0 saturated heterocycles. The van der Waals surface area contributed by atoms with Crippen molar-refractivity contribution in [2.45, 2.75) is 24.3 Å². The van der Waals surface area contributed by atoms with E-state index in [4.69, 9.17) is 23.2 Å². The van der Waals surface area contributed by atoms with Crippen LogP contribution in [0.2, 0.25) is 10.0 Å². The van der Waals surface area contributed by atoms with Gasteiger partial charge in [0.15, 0.2) is 0 Å². The number of aromatic nitrogens is 3. The Labute approximate surface area is 120 Å². The predicted octanol–water partition coefficient (Wildman–Crippen LogP) is 2.65. The third-order valence-corrected chi connectivity index (χ3v) is 4.64. The third kappa shape index (κ3) is 3.08. The first-order chi connectivity index (χ1) is 8.94. The van der Waals surface area contributed by atoms with E-state index in [0.717, 1.165) is 0 Å². The first-order valence-electron chi connectivity index (χ1n) is 5.51. The predicted molar refractivity (Wildman–Crippen MR) is 73.1 cm³/mol. The van der Waals surface area contributed by atoms with Gasteiger partial charge in [-0.1, -0.05) is 36.2 Å². The molecule has 0 aliphatic heterocycles. The summed E-state index contributed by atoms with van der Waals surface area (Å²) in [5.41, 5.74) is 0.355. The van der Waals surface area contributed by atoms with E-state index in [1.807, 2.05) is 6.92 Å². The Hall–Kier alpha value is -1.11. The molecule has 0 bridgehead atoms. The van der Waals surface area contributed by atoms with Crippen molar-refractivity contribution in [3.8, 4) is 0 Å². The molecule has 0 amide bonds. The maximum atomic E-state index is 12.2. The molecule has 1 heterocycles. The summed E-state index contributed by atoms with van der Waals surface area (Å²) in [4.78, 5) is 3.92. The molecule has 2 aromatic rings. The van der Waals surface area contributed by atoms with E-state index in [2.05, 4.69) is 15.2 Å². The molecule has 0 spiro atoms. The average molecular weight is 320 g/mol. The second-order valence-corrected chi connectivity index (χ2v) is 6.58. The molecule has 1 aromatic carbocycles. The van der Waals surface area contributed by atoms with Crippen LogP contribution in [-0.4, -0.2) is 23.6 Å². The van der Waals surface area contributed by atoms with Crippen LogP contribution in [-0.2, 0) is 22.0 Å². The molecule has 0 unspecified atom stereocenters. The smallest absolute Gasteiger partial charge is 0.262 e. The van der Waals surface area contributed by atoms with Crippen LogP contribution in [0.1, 0.15) is 18.3 Å². The average Bonchev–Trinajstić information content (AvgIpc) is 2.83. The number of hydrogen-bond acceptors (Lipinski definition) is 4. The fraction of sp³-hybridized carbons (Fsp3) is 0.273. The monoisotopic (exact) mass is 319 g/mol. The molecule has 8 heteroatoms. The summed E-state index contributed by atoms with van der Waals surface area (Å²) in [5.74, 6) is 0.191. The Morgan fingerprint density at radius 1 is 1.26 bits per heavy atom. The van der Waals surface area contributed by atoms with Crippen LogP contribution in [0.3, 0.4) is 0 Å². The van der Waals surface area contributed by atoms with Gasteiger partial charge in [0.05, 0.1) is 5.75 Å². The number of nitrogens with zero attached hydrogens (tertiary/aromatic N) is 2. The fourth-order valence-corrected chi connectivity index (χ4v) is 3.44. The highest BCUT2D eigenvalue weighted by molar-refractivity contribution is 7.90. The second kappa shape index (κ2) is 5.48. The minimum Gasteiger partial charge on any atom is -0.262 e. The molecule has 1 N–H and O–H groups in total. The minimum atomic E-state index is -3.67. The van der Waals surface area contributed by atoms with E-state index in [1.165, 1.54) is 0 Å². The summed E-state index contributed by atoms with van der Waals surface area (Å²) in [6.07, 6.45) is 0.579. The van der Waals surface area contributed by atoms with Gasteiger partial charge in [0.25, 0.3) is 5.16 Å². The van der Waals surface area contributed by atoms with E-state index >= 15 is 0 Å². The van der Waals surface area contributed by atoms with Crippen molar-refractivity contribution < 1.29 is 8.42 Å². The molecule has 0 fully saturated rings. The van der Waals surface area contributed by atoms with Gasteiger partial charge < -0.3 is 0 Å². The molecular formula is C11H11Cl2N3O2S. The zero-order valence-electron chi connectivity index (χ0n) is 10.0. The quantitative estimate of drug-likeness (QED) is 0.939. The van der Waals surface area contributed by atoms with Gasteiger partial charge in [-0.2, -0.15) is 0 Å². The van der Waals surface area contributed by atoms with Crippen molar-refractivity contribution in [2.24, 2.45) is 0 Å². The molecule has 5 nitrogen and oxygen atoms in total. The number of halogens is 2. The van der Waals surface area contributed by atoms with Crippen molar-refractivity contribution >= 4 is 33.0 Å². The molecule has 1 aromatic heterocycles. The van der Waals surface area contributed by atoms with Crippen LogP contribution in [0.25, 0.3) is 0 Å². The number of nitrogens with one attached hydrogen (secondary N) is 1. The maximum absolute atomic E-state index is 12.2.